The van der Waals surface area contributed by atoms with Crippen molar-refractivity contribution in [3.8, 4) is 0 Å². The Hall–Kier alpha value is 0.700. The summed E-state index contributed by atoms with van der Waals surface area (Å²) in [5, 5.41) is 0. The van der Waals surface area contributed by atoms with E-state index in [1.54, 1.807) is 0 Å². The first-order valence-corrected chi connectivity index (χ1v) is 5.39. The quantitative estimate of drug-likeness (QED) is 0.465. The Kier molecular flexibility index (Phi) is 9.38. The summed E-state index contributed by atoms with van der Waals surface area (Å²) < 4.78 is 0. The molecule has 0 rings (SSSR count). The van der Waals surface area contributed by atoms with Crippen molar-refractivity contribution in [3.63, 3.8) is 0 Å². The van der Waals surface area contributed by atoms with Gasteiger partial charge in [-0.15, -0.1) is 0 Å². The molecule has 0 aromatic rings. The van der Waals surface area contributed by atoms with Gasteiger partial charge < -0.3 is 0 Å². The SMILES string of the molecule is CCSCCCCCS. The van der Waals surface area contributed by atoms with Crippen LogP contribution < -0.4 is 0 Å². The fourth-order valence-electron chi connectivity index (χ4n) is 0.637. The van der Waals surface area contributed by atoms with Gasteiger partial charge in [-0.05, 0) is 30.1 Å². The third-order valence-electron chi connectivity index (χ3n) is 1.15. The normalized spacial score (nSPS) is 10.0. The van der Waals surface area contributed by atoms with Gasteiger partial charge in [-0.3, -0.25) is 0 Å². The van der Waals surface area contributed by atoms with Crippen molar-refractivity contribution >= 4 is 24.4 Å². The minimum Gasteiger partial charge on any atom is -0.179 e. The van der Waals surface area contributed by atoms with E-state index in [-0.39, 0.29) is 0 Å². The van der Waals surface area contributed by atoms with Gasteiger partial charge in [0.25, 0.3) is 0 Å². The van der Waals surface area contributed by atoms with Crippen LogP contribution in [-0.4, -0.2) is 17.3 Å². The fraction of sp³-hybridized carbons (Fsp3) is 1.00. The highest BCUT2D eigenvalue weighted by Gasteiger charge is 1.86. The van der Waals surface area contributed by atoms with E-state index >= 15 is 0 Å². The van der Waals surface area contributed by atoms with E-state index in [1.807, 2.05) is 11.8 Å². The Bertz CT molecular complexity index is 40.2. The molecule has 0 aromatic carbocycles. The first-order valence-electron chi connectivity index (χ1n) is 3.60. The molecule has 2 heteroatoms. The molecule has 56 valence electrons. The van der Waals surface area contributed by atoms with Crippen LogP contribution in [0.2, 0.25) is 0 Å². The molecule has 0 unspecified atom stereocenters. The maximum Gasteiger partial charge on any atom is -0.00676 e. The van der Waals surface area contributed by atoms with Crippen LogP contribution in [0.15, 0.2) is 0 Å². The van der Waals surface area contributed by atoms with Crippen LogP contribution in [0.5, 0.6) is 0 Å². The summed E-state index contributed by atoms with van der Waals surface area (Å²) in [5.41, 5.74) is 0. The minimum absolute atomic E-state index is 1.05. The average Bonchev–Trinajstić information content (AvgIpc) is 1.89. The van der Waals surface area contributed by atoms with E-state index in [4.69, 9.17) is 0 Å². The lowest BCUT2D eigenvalue weighted by molar-refractivity contribution is 0.787. The molecule has 0 heterocycles. The molecular weight excluding hydrogens is 148 g/mol. The Balaban J connectivity index is 2.60. The molecule has 0 aliphatic rings. The molecule has 0 aliphatic carbocycles. The molecule has 0 spiro atoms. The molecular formula is C7H16S2. The lowest BCUT2D eigenvalue weighted by Crippen LogP contribution is -1.82. The van der Waals surface area contributed by atoms with Crippen LogP contribution in [0, 0.1) is 0 Å². The van der Waals surface area contributed by atoms with Crippen molar-refractivity contribution < 1.29 is 0 Å². The van der Waals surface area contributed by atoms with E-state index in [1.165, 1.54) is 30.8 Å². The summed E-state index contributed by atoms with van der Waals surface area (Å²) in [7, 11) is 0. The summed E-state index contributed by atoms with van der Waals surface area (Å²) in [5.74, 6) is 3.65. The molecule has 0 bridgehead atoms. The molecule has 0 atom stereocenters. The van der Waals surface area contributed by atoms with Crippen LogP contribution >= 0.6 is 24.4 Å². The van der Waals surface area contributed by atoms with Crippen molar-refractivity contribution in [1.29, 1.82) is 0 Å². The van der Waals surface area contributed by atoms with Gasteiger partial charge in [-0.2, -0.15) is 24.4 Å². The highest BCUT2D eigenvalue weighted by Crippen LogP contribution is 2.05. The van der Waals surface area contributed by atoms with Crippen molar-refractivity contribution in [2.45, 2.75) is 26.2 Å². The molecule has 0 amide bonds. The highest BCUT2D eigenvalue weighted by atomic mass is 32.2. The van der Waals surface area contributed by atoms with Gasteiger partial charge in [0.05, 0.1) is 0 Å². The van der Waals surface area contributed by atoms with Crippen LogP contribution in [0.1, 0.15) is 26.2 Å². The zero-order chi connectivity index (χ0) is 6.95. The zero-order valence-electron chi connectivity index (χ0n) is 6.10. The maximum absolute atomic E-state index is 4.14. The second-order valence-corrected chi connectivity index (χ2v) is 3.82. The summed E-state index contributed by atoms with van der Waals surface area (Å²) in [6.45, 7) is 2.21. The van der Waals surface area contributed by atoms with Gasteiger partial charge in [0.1, 0.15) is 0 Å². The topological polar surface area (TPSA) is 0 Å². The Morgan fingerprint density at radius 3 is 2.56 bits per heavy atom. The average molecular weight is 164 g/mol. The van der Waals surface area contributed by atoms with Gasteiger partial charge in [-0.25, -0.2) is 0 Å². The smallest absolute Gasteiger partial charge is 0.00676 e. The molecule has 9 heavy (non-hydrogen) atoms. The van der Waals surface area contributed by atoms with E-state index in [2.05, 4.69) is 19.6 Å². The number of hydrogen-bond acceptors (Lipinski definition) is 2. The van der Waals surface area contributed by atoms with E-state index in [9.17, 15) is 0 Å². The van der Waals surface area contributed by atoms with Gasteiger partial charge in [0.15, 0.2) is 0 Å². The molecule has 0 saturated heterocycles. The minimum atomic E-state index is 1.05. The van der Waals surface area contributed by atoms with E-state index in [0.717, 1.165) is 5.75 Å². The van der Waals surface area contributed by atoms with Gasteiger partial charge in [-0.1, -0.05) is 13.3 Å². The highest BCUT2D eigenvalue weighted by molar-refractivity contribution is 7.99. The summed E-state index contributed by atoms with van der Waals surface area (Å²) in [6.07, 6.45) is 4.02. The molecule has 0 saturated carbocycles. The largest absolute Gasteiger partial charge is 0.179 e. The number of hydrogen-bond donors (Lipinski definition) is 1. The van der Waals surface area contributed by atoms with Gasteiger partial charge in [0, 0.05) is 0 Å². The number of thioether (sulfide) groups is 1. The van der Waals surface area contributed by atoms with Gasteiger partial charge >= 0.3 is 0 Å². The lowest BCUT2D eigenvalue weighted by atomic mass is 10.3. The third-order valence-corrected chi connectivity index (χ3v) is 2.45. The molecule has 0 N–H and O–H groups in total. The molecule has 0 radical (unpaired) electrons. The van der Waals surface area contributed by atoms with Gasteiger partial charge in [0.2, 0.25) is 0 Å². The van der Waals surface area contributed by atoms with E-state index in [0.29, 0.717) is 0 Å². The van der Waals surface area contributed by atoms with Crippen LogP contribution in [0.4, 0.5) is 0 Å². The predicted molar refractivity (Wildman–Crippen MR) is 50.7 cm³/mol. The number of unbranched alkanes of at least 4 members (excludes halogenated alkanes) is 2. The summed E-state index contributed by atoms with van der Waals surface area (Å²) >= 11 is 6.17. The monoisotopic (exact) mass is 164 g/mol. The van der Waals surface area contributed by atoms with Crippen molar-refractivity contribution in [2.24, 2.45) is 0 Å². The fourth-order valence-corrected chi connectivity index (χ4v) is 1.56. The van der Waals surface area contributed by atoms with Crippen LogP contribution in [0.25, 0.3) is 0 Å². The molecule has 0 nitrogen and oxygen atoms in total. The standard InChI is InChI=1S/C7H16S2/c1-2-9-7-5-3-4-6-8/h8H,2-7H2,1H3. The van der Waals surface area contributed by atoms with Crippen molar-refractivity contribution in [3.05, 3.63) is 0 Å². The Morgan fingerprint density at radius 2 is 2.00 bits per heavy atom. The lowest BCUT2D eigenvalue weighted by Gasteiger charge is -1.95. The van der Waals surface area contributed by atoms with Crippen LogP contribution in [0.3, 0.4) is 0 Å². The molecule has 0 aliphatic heterocycles. The van der Waals surface area contributed by atoms with Crippen molar-refractivity contribution in [2.75, 3.05) is 17.3 Å². The number of thiol groups is 1. The first-order chi connectivity index (χ1) is 4.41. The second-order valence-electron chi connectivity index (χ2n) is 1.98. The summed E-state index contributed by atoms with van der Waals surface area (Å²) in [4.78, 5) is 0. The second kappa shape index (κ2) is 8.70. The van der Waals surface area contributed by atoms with E-state index < -0.39 is 0 Å². The number of rotatable bonds is 6. The predicted octanol–water partition coefficient (Wildman–Crippen LogP) is 2.84. The zero-order valence-corrected chi connectivity index (χ0v) is 7.81. The maximum atomic E-state index is 4.14. The summed E-state index contributed by atoms with van der Waals surface area (Å²) in [6, 6.07) is 0. The Morgan fingerprint density at radius 1 is 1.22 bits per heavy atom. The van der Waals surface area contributed by atoms with Crippen molar-refractivity contribution in [1.82, 2.24) is 0 Å². The molecule has 0 aromatic heterocycles. The molecule has 0 fully saturated rings. The third kappa shape index (κ3) is 8.70. The van der Waals surface area contributed by atoms with Crippen LogP contribution in [-0.2, 0) is 0 Å². The first kappa shape index (κ1) is 9.70. The Labute approximate surface area is 68.2 Å².